The topological polar surface area (TPSA) is 91.0 Å². The molecule has 0 atom stereocenters. The smallest absolute Gasteiger partial charge is 0.274 e. The first-order valence-electron chi connectivity index (χ1n) is 8.89. The van der Waals surface area contributed by atoms with Crippen LogP contribution in [0.1, 0.15) is 41.0 Å². The Labute approximate surface area is 159 Å². The molecule has 2 aromatic heterocycles. The number of aryl methyl sites for hydroxylation is 1. The van der Waals surface area contributed by atoms with Crippen LogP contribution in [0.3, 0.4) is 0 Å². The predicted octanol–water partition coefficient (Wildman–Crippen LogP) is 2.55. The zero-order chi connectivity index (χ0) is 18.1. The lowest BCUT2D eigenvalue weighted by molar-refractivity contribution is -0.121. The largest absolute Gasteiger partial charge is 0.337 e. The Morgan fingerprint density at radius 3 is 2.77 bits per heavy atom. The van der Waals surface area contributed by atoms with E-state index >= 15 is 0 Å². The second kappa shape index (κ2) is 7.19. The Kier molecular flexibility index (Phi) is 4.76. The van der Waals surface area contributed by atoms with Crippen LogP contribution in [-0.2, 0) is 17.6 Å². The number of pyridine rings is 1. The molecule has 0 bridgehead atoms. The van der Waals surface area contributed by atoms with Gasteiger partial charge in [-0.05, 0) is 60.2 Å². The van der Waals surface area contributed by atoms with Gasteiger partial charge in [-0.15, -0.1) is 0 Å². The number of fused-ring (bicyclic) bond motifs is 1. The van der Waals surface area contributed by atoms with E-state index in [1.54, 1.807) is 12.3 Å². The van der Waals surface area contributed by atoms with Crippen molar-refractivity contribution in [2.24, 2.45) is 5.92 Å². The van der Waals surface area contributed by atoms with E-state index in [4.69, 9.17) is 0 Å². The number of aromatic amines is 1. The maximum absolute atomic E-state index is 12.7. The van der Waals surface area contributed by atoms with Crippen molar-refractivity contribution in [3.8, 4) is 0 Å². The highest BCUT2D eigenvalue weighted by Crippen LogP contribution is 2.26. The fourth-order valence-electron chi connectivity index (χ4n) is 3.67. The van der Waals surface area contributed by atoms with Crippen LogP contribution in [0.2, 0.25) is 0 Å². The molecule has 2 aliphatic rings. The number of hydrogen-bond donors (Lipinski definition) is 2. The van der Waals surface area contributed by atoms with Crippen LogP contribution in [0.5, 0.6) is 0 Å². The zero-order valence-corrected chi connectivity index (χ0v) is 15.9. The summed E-state index contributed by atoms with van der Waals surface area (Å²) in [4.78, 5) is 31.2. The van der Waals surface area contributed by atoms with Crippen molar-refractivity contribution in [2.75, 3.05) is 18.4 Å². The molecule has 7 nitrogen and oxygen atoms in total. The molecule has 8 heteroatoms. The van der Waals surface area contributed by atoms with Gasteiger partial charge in [-0.3, -0.25) is 14.7 Å². The third-order valence-electron chi connectivity index (χ3n) is 5.14. The maximum atomic E-state index is 12.7. The Hall–Kier alpha value is -2.22. The SMILES string of the molecule is O=C(Nc1ccc(Br)cn1)C1CCN(C(=O)c2n[nH]c3c2CCC3)CC1. The van der Waals surface area contributed by atoms with Crippen molar-refractivity contribution >= 4 is 33.6 Å². The molecule has 2 amide bonds. The van der Waals surface area contributed by atoms with Crippen molar-refractivity contribution < 1.29 is 9.59 Å². The lowest BCUT2D eigenvalue weighted by atomic mass is 9.95. The summed E-state index contributed by atoms with van der Waals surface area (Å²) in [7, 11) is 0. The zero-order valence-electron chi connectivity index (χ0n) is 14.3. The summed E-state index contributed by atoms with van der Waals surface area (Å²) in [6.45, 7) is 1.15. The van der Waals surface area contributed by atoms with Gasteiger partial charge in [-0.2, -0.15) is 5.10 Å². The molecule has 0 radical (unpaired) electrons. The van der Waals surface area contributed by atoms with E-state index < -0.39 is 0 Å². The second-order valence-corrected chi connectivity index (χ2v) is 7.72. The van der Waals surface area contributed by atoms with Gasteiger partial charge in [-0.1, -0.05) is 0 Å². The summed E-state index contributed by atoms with van der Waals surface area (Å²) in [5, 5.41) is 10.1. The number of likely N-dealkylation sites (tertiary alicyclic amines) is 1. The molecule has 1 fully saturated rings. The average molecular weight is 418 g/mol. The molecule has 1 aliphatic carbocycles. The minimum atomic E-state index is -0.102. The first kappa shape index (κ1) is 17.2. The number of H-pyrrole nitrogens is 1. The van der Waals surface area contributed by atoms with Gasteiger partial charge in [0.05, 0.1) is 0 Å². The van der Waals surface area contributed by atoms with Crippen LogP contribution in [0.15, 0.2) is 22.8 Å². The van der Waals surface area contributed by atoms with E-state index in [0.717, 1.165) is 35.0 Å². The summed E-state index contributed by atoms with van der Waals surface area (Å²) in [5.74, 6) is 0.392. The quantitative estimate of drug-likeness (QED) is 0.802. The summed E-state index contributed by atoms with van der Waals surface area (Å²) >= 11 is 3.32. The number of nitrogens with zero attached hydrogens (tertiary/aromatic N) is 3. The third-order valence-corrected chi connectivity index (χ3v) is 5.61. The predicted molar refractivity (Wildman–Crippen MR) is 99.8 cm³/mol. The van der Waals surface area contributed by atoms with Crippen LogP contribution in [0.4, 0.5) is 5.82 Å². The van der Waals surface area contributed by atoms with E-state index in [1.165, 1.54) is 0 Å². The highest BCUT2D eigenvalue weighted by molar-refractivity contribution is 9.10. The molecular formula is C18H20BrN5O2. The highest BCUT2D eigenvalue weighted by atomic mass is 79.9. The molecule has 1 aliphatic heterocycles. The molecular weight excluding hydrogens is 398 g/mol. The molecule has 1 saturated heterocycles. The van der Waals surface area contributed by atoms with Gasteiger partial charge >= 0.3 is 0 Å². The number of halogens is 1. The molecule has 2 N–H and O–H groups in total. The number of anilines is 1. The fraction of sp³-hybridized carbons (Fsp3) is 0.444. The van der Waals surface area contributed by atoms with Gasteiger partial charge in [-0.25, -0.2) is 4.98 Å². The number of hydrogen-bond acceptors (Lipinski definition) is 4. The Bertz CT molecular complexity index is 825. The molecule has 0 saturated carbocycles. The van der Waals surface area contributed by atoms with Crippen LogP contribution in [0.25, 0.3) is 0 Å². The van der Waals surface area contributed by atoms with Crippen molar-refractivity contribution in [1.29, 1.82) is 0 Å². The molecule has 4 rings (SSSR count). The van der Waals surface area contributed by atoms with Crippen LogP contribution in [-0.4, -0.2) is 45.0 Å². The molecule has 3 heterocycles. The summed E-state index contributed by atoms with van der Waals surface area (Å²) in [6.07, 6.45) is 5.94. The number of piperidine rings is 1. The summed E-state index contributed by atoms with van der Waals surface area (Å²) in [5.41, 5.74) is 2.75. The normalized spacial score (nSPS) is 17.2. The van der Waals surface area contributed by atoms with Gasteiger partial charge in [0.25, 0.3) is 5.91 Å². The van der Waals surface area contributed by atoms with Crippen LogP contribution < -0.4 is 5.32 Å². The fourth-order valence-corrected chi connectivity index (χ4v) is 3.90. The molecule has 0 aromatic carbocycles. The van der Waals surface area contributed by atoms with Gasteiger partial charge < -0.3 is 10.2 Å². The lowest BCUT2D eigenvalue weighted by Crippen LogP contribution is -2.41. The number of carbonyl (C=O) groups is 2. The van der Waals surface area contributed by atoms with Crippen molar-refractivity contribution in [3.05, 3.63) is 39.8 Å². The second-order valence-electron chi connectivity index (χ2n) is 6.80. The maximum Gasteiger partial charge on any atom is 0.274 e. The van der Waals surface area contributed by atoms with Crippen molar-refractivity contribution in [3.63, 3.8) is 0 Å². The standard InChI is InChI=1S/C18H20BrN5O2/c19-12-4-5-15(20-10-12)21-17(25)11-6-8-24(9-7-11)18(26)16-13-2-1-3-14(13)22-23-16/h4-5,10-11H,1-3,6-9H2,(H,22,23)(H,20,21,25). The van der Waals surface area contributed by atoms with Crippen LogP contribution >= 0.6 is 15.9 Å². The molecule has 26 heavy (non-hydrogen) atoms. The van der Waals surface area contributed by atoms with Gasteiger partial charge in [0, 0.05) is 40.9 Å². The van der Waals surface area contributed by atoms with E-state index in [9.17, 15) is 9.59 Å². The van der Waals surface area contributed by atoms with Gasteiger partial charge in [0.15, 0.2) is 5.69 Å². The number of nitrogens with one attached hydrogen (secondary N) is 2. The Morgan fingerprint density at radius 1 is 1.23 bits per heavy atom. The van der Waals surface area contributed by atoms with E-state index in [1.807, 2.05) is 11.0 Å². The lowest BCUT2D eigenvalue weighted by Gasteiger charge is -2.31. The van der Waals surface area contributed by atoms with E-state index in [2.05, 4.69) is 36.4 Å². The summed E-state index contributed by atoms with van der Waals surface area (Å²) < 4.78 is 0.868. The minimum absolute atomic E-state index is 0.0159. The number of aromatic nitrogens is 3. The van der Waals surface area contributed by atoms with E-state index in [0.29, 0.717) is 37.4 Å². The average Bonchev–Trinajstić information content (AvgIpc) is 3.27. The third kappa shape index (κ3) is 3.38. The molecule has 0 spiro atoms. The first-order chi connectivity index (χ1) is 12.6. The van der Waals surface area contributed by atoms with Gasteiger partial charge in [0.2, 0.25) is 5.91 Å². The van der Waals surface area contributed by atoms with Crippen molar-refractivity contribution in [2.45, 2.75) is 32.1 Å². The number of amides is 2. The first-order valence-corrected chi connectivity index (χ1v) is 9.69. The van der Waals surface area contributed by atoms with Crippen molar-refractivity contribution in [1.82, 2.24) is 20.1 Å². The summed E-state index contributed by atoms with van der Waals surface area (Å²) in [6, 6.07) is 3.60. The highest BCUT2D eigenvalue weighted by Gasteiger charge is 2.31. The number of rotatable bonds is 3. The Balaban J connectivity index is 1.34. The minimum Gasteiger partial charge on any atom is -0.337 e. The molecule has 0 unspecified atom stereocenters. The van der Waals surface area contributed by atoms with Gasteiger partial charge in [0.1, 0.15) is 5.82 Å². The van der Waals surface area contributed by atoms with Crippen LogP contribution in [0, 0.1) is 5.92 Å². The molecule has 136 valence electrons. The molecule has 2 aromatic rings. The Morgan fingerprint density at radius 2 is 2.04 bits per heavy atom. The van der Waals surface area contributed by atoms with E-state index in [-0.39, 0.29) is 17.7 Å². The number of carbonyl (C=O) groups excluding carboxylic acids is 2. The monoisotopic (exact) mass is 417 g/mol.